The smallest absolute Gasteiger partial charge is 0.265 e. The third-order valence-electron chi connectivity index (χ3n) is 5.02. The first-order valence-electron chi connectivity index (χ1n) is 8.47. The van der Waals surface area contributed by atoms with Crippen LogP contribution in [0.3, 0.4) is 0 Å². The summed E-state index contributed by atoms with van der Waals surface area (Å²) in [7, 11) is -7.08. The van der Waals surface area contributed by atoms with Crippen molar-refractivity contribution < 1.29 is 21.6 Å². The van der Waals surface area contributed by atoms with E-state index in [4.69, 9.17) is 0 Å². The van der Waals surface area contributed by atoms with Crippen LogP contribution in [0.2, 0.25) is 0 Å². The molecule has 8 nitrogen and oxygen atoms in total. The van der Waals surface area contributed by atoms with Gasteiger partial charge in [-0.15, -0.1) is 0 Å². The summed E-state index contributed by atoms with van der Waals surface area (Å²) >= 11 is 0. The minimum absolute atomic E-state index is 0.213. The Balaban J connectivity index is 1.57. The number of hydrogen-bond acceptors (Lipinski definition) is 5. The van der Waals surface area contributed by atoms with Gasteiger partial charge in [0.15, 0.2) is 0 Å². The molecule has 2 aliphatic rings. The van der Waals surface area contributed by atoms with E-state index in [0.717, 1.165) is 15.9 Å². The van der Waals surface area contributed by atoms with Crippen LogP contribution >= 0.6 is 0 Å². The number of hydrogen-bond donors (Lipinski definition) is 0. The average Bonchev–Trinajstić information content (AvgIpc) is 2.84. The molecule has 1 saturated heterocycles. The van der Waals surface area contributed by atoms with E-state index < -0.39 is 20.0 Å². The highest BCUT2D eigenvalue weighted by Gasteiger charge is 2.38. The predicted octanol–water partition coefficient (Wildman–Crippen LogP) is 0.452. The Kier molecular flexibility index (Phi) is 4.17. The van der Waals surface area contributed by atoms with E-state index in [1.54, 1.807) is 24.3 Å². The number of nitrogens with zero attached hydrogens (tertiary/aromatic N) is 3. The van der Waals surface area contributed by atoms with Gasteiger partial charge in [-0.2, -0.15) is 4.31 Å². The molecule has 2 heterocycles. The minimum atomic E-state index is -3.79. The summed E-state index contributed by atoms with van der Waals surface area (Å²) in [5, 5.41) is 1.44. The van der Waals surface area contributed by atoms with E-state index in [2.05, 4.69) is 0 Å². The van der Waals surface area contributed by atoms with Crippen molar-refractivity contribution in [1.82, 2.24) is 9.21 Å². The Labute approximate surface area is 158 Å². The van der Waals surface area contributed by atoms with Crippen LogP contribution in [0, 0.1) is 0 Å². The van der Waals surface area contributed by atoms with Gasteiger partial charge in [-0.1, -0.05) is 24.3 Å². The van der Waals surface area contributed by atoms with Gasteiger partial charge in [-0.3, -0.25) is 9.10 Å². The predicted molar refractivity (Wildman–Crippen MR) is 101 cm³/mol. The zero-order chi connectivity index (χ0) is 19.4. The maximum atomic E-state index is 12.9. The molecule has 10 heteroatoms. The maximum Gasteiger partial charge on any atom is 0.265 e. The van der Waals surface area contributed by atoms with Gasteiger partial charge in [0, 0.05) is 31.6 Å². The topological polar surface area (TPSA) is 95.1 Å². The molecule has 0 N–H and O–H groups in total. The fourth-order valence-electron chi connectivity index (χ4n) is 3.62. The van der Waals surface area contributed by atoms with Gasteiger partial charge < -0.3 is 4.90 Å². The fourth-order valence-corrected chi connectivity index (χ4v) is 6.11. The Morgan fingerprint density at radius 3 is 2.30 bits per heavy atom. The van der Waals surface area contributed by atoms with Crippen molar-refractivity contribution in [3.8, 4) is 0 Å². The Morgan fingerprint density at radius 2 is 1.67 bits per heavy atom. The number of benzene rings is 2. The molecular weight excluding hydrogens is 390 g/mol. The molecule has 2 aromatic carbocycles. The summed E-state index contributed by atoms with van der Waals surface area (Å²) in [4.78, 5) is 14.4. The first kappa shape index (κ1) is 18.2. The quantitative estimate of drug-likeness (QED) is 0.734. The monoisotopic (exact) mass is 409 g/mol. The van der Waals surface area contributed by atoms with E-state index in [1.807, 2.05) is 12.1 Å². The Morgan fingerprint density at radius 1 is 1.04 bits per heavy atom. The van der Waals surface area contributed by atoms with Crippen LogP contribution < -0.4 is 4.31 Å². The van der Waals surface area contributed by atoms with Crippen LogP contribution in [0.4, 0.5) is 5.69 Å². The zero-order valence-corrected chi connectivity index (χ0v) is 16.3. The lowest BCUT2D eigenvalue weighted by atomic mass is 10.1. The molecule has 144 valence electrons. The molecule has 0 atom stereocenters. The minimum Gasteiger partial charge on any atom is -0.338 e. The largest absolute Gasteiger partial charge is 0.338 e. The highest BCUT2D eigenvalue weighted by molar-refractivity contribution is 7.93. The molecule has 1 fully saturated rings. The second kappa shape index (κ2) is 6.18. The van der Waals surface area contributed by atoms with E-state index >= 15 is 0 Å². The van der Waals surface area contributed by atoms with Gasteiger partial charge in [0.05, 0.1) is 16.8 Å². The van der Waals surface area contributed by atoms with Crippen molar-refractivity contribution >= 4 is 42.4 Å². The summed E-state index contributed by atoms with van der Waals surface area (Å²) in [6.45, 7) is 0.628. The van der Waals surface area contributed by atoms with Crippen LogP contribution in [-0.2, 0) is 24.8 Å². The van der Waals surface area contributed by atoms with Crippen molar-refractivity contribution in [3.63, 3.8) is 0 Å². The second-order valence-corrected chi connectivity index (χ2v) is 10.5. The molecule has 27 heavy (non-hydrogen) atoms. The first-order valence-corrected chi connectivity index (χ1v) is 11.8. The Bertz CT molecular complexity index is 1130. The molecule has 0 saturated carbocycles. The maximum absolute atomic E-state index is 12.9. The van der Waals surface area contributed by atoms with Crippen LogP contribution in [0.25, 0.3) is 10.8 Å². The summed E-state index contributed by atoms with van der Waals surface area (Å²) < 4.78 is 51.5. The van der Waals surface area contributed by atoms with Crippen LogP contribution in [0.5, 0.6) is 0 Å². The highest BCUT2D eigenvalue weighted by atomic mass is 32.2. The molecule has 4 rings (SSSR count). The van der Waals surface area contributed by atoms with E-state index in [-0.39, 0.29) is 43.5 Å². The van der Waals surface area contributed by atoms with Gasteiger partial charge in [0.1, 0.15) is 6.54 Å². The number of amides is 1. The summed E-state index contributed by atoms with van der Waals surface area (Å²) in [5.74, 6) is -0.337. The van der Waals surface area contributed by atoms with Gasteiger partial charge >= 0.3 is 0 Å². The third kappa shape index (κ3) is 2.97. The number of piperazine rings is 1. The standard InChI is InChI=1S/C17H19N3O5S2/c1-26(22,23)19-10-8-18(9-11-19)16(21)12-20-14-6-2-4-13-5-3-7-15(17(13)14)27(20,24)25/h2-7H,8-12H2,1H3. The molecule has 0 aliphatic carbocycles. The van der Waals surface area contributed by atoms with Gasteiger partial charge in [0.25, 0.3) is 10.0 Å². The van der Waals surface area contributed by atoms with E-state index in [0.29, 0.717) is 11.1 Å². The number of anilines is 1. The van der Waals surface area contributed by atoms with Crippen molar-refractivity contribution in [2.45, 2.75) is 4.90 Å². The molecule has 2 aliphatic heterocycles. The molecule has 2 aromatic rings. The van der Waals surface area contributed by atoms with Gasteiger partial charge in [0.2, 0.25) is 15.9 Å². The number of sulfonamides is 2. The first-order chi connectivity index (χ1) is 12.7. The molecule has 1 amide bonds. The molecule has 0 radical (unpaired) electrons. The SMILES string of the molecule is CS(=O)(=O)N1CCN(C(=O)CN2c3cccc4cccc(c34)S2(=O)=O)CC1. The van der Waals surface area contributed by atoms with Crippen molar-refractivity contribution in [1.29, 1.82) is 0 Å². The zero-order valence-electron chi connectivity index (χ0n) is 14.7. The lowest BCUT2D eigenvalue weighted by Crippen LogP contribution is -2.52. The average molecular weight is 409 g/mol. The second-order valence-electron chi connectivity index (χ2n) is 6.69. The summed E-state index contributed by atoms with van der Waals surface area (Å²) in [6, 6.07) is 10.4. The summed E-state index contributed by atoms with van der Waals surface area (Å²) in [6.07, 6.45) is 1.14. The van der Waals surface area contributed by atoms with Crippen molar-refractivity contribution in [3.05, 3.63) is 36.4 Å². The van der Waals surface area contributed by atoms with Crippen LogP contribution in [0.15, 0.2) is 41.3 Å². The molecule has 0 bridgehead atoms. The highest BCUT2D eigenvalue weighted by Crippen LogP contribution is 2.41. The van der Waals surface area contributed by atoms with Crippen LogP contribution in [0.1, 0.15) is 0 Å². The lowest BCUT2D eigenvalue weighted by molar-refractivity contribution is -0.130. The lowest BCUT2D eigenvalue weighted by Gasteiger charge is -2.34. The fraction of sp³-hybridized carbons (Fsp3) is 0.353. The van der Waals surface area contributed by atoms with E-state index in [1.165, 1.54) is 9.21 Å². The molecule has 0 aromatic heterocycles. The molecule has 0 unspecified atom stereocenters. The van der Waals surface area contributed by atoms with Gasteiger partial charge in [-0.05, 0) is 17.5 Å². The third-order valence-corrected chi connectivity index (χ3v) is 8.13. The van der Waals surface area contributed by atoms with Crippen molar-refractivity contribution in [2.75, 3.05) is 43.3 Å². The molecule has 0 spiro atoms. The summed E-state index contributed by atoms with van der Waals surface area (Å²) in [5.41, 5.74) is 0.506. The number of carbonyl (C=O) groups is 1. The van der Waals surface area contributed by atoms with Gasteiger partial charge in [-0.25, -0.2) is 16.8 Å². The molecular formula is C17H19N3O5S2. The Hall–Kier alpha value is -2.17. The van der Waals surface area contributed by atoms with Crippen molar-refractivity contribution in [2.24, 2.45) is 0 Å². The number of carbonyl (C=O) groups excluding carboxylic acids is 1. The normalized spacial score (nSPS) is 19.6. The van der Waals surface area contributed by atoms with Crippen LogP contribution in [-0.4, -0.2) is 70.9 Å². The number of rotatable bonds is 3. The van der Waals surface area contributed by atoms with E-state index in [9.17, 15) is 21.6 Å².